The molecule has 6 heteroatoms. The van der Waals surface area contributed by atoms with Crippen LogP contribution < -0.4 is 4.74 Å². The van der Waals surface area contributed by atoms with Gasteiger partial charge in [0.05, 0.1) is 12.9 Å². The lowest BCUT2D eigenvalue weighted by molar-refractivity contribution is 0.241. The number of hydrogen-bond acceptors (Lipinski definition) is 4. The lowest BCUT2D eigenvalue weighted by Gasteiger charge is -2.20. The van der Waals surface area contributed by atoms with Gasteiger partial charge in [-0.15, -0.1) is 0 Å². The molecule has 0 bridgehead atoms. The monoisotopic (exact) mass is 312 g/mol. The molecule has 0 aliphatic carbocycles. The fraction of sp³-hybridized carbons (Fsp3) is 0.600. The van der Waals surface area contributed by atoms with Crippen LogP contribution in [0.2, 0.25) is 0 Å². The normalized spacial score (nSPS) is 18.3. The van der Waals surface area contributed by atoms with E-state index >= 15 is 0 Å². The molecular weight excluding hydrogens is 288 g/mol. The number of hydrogen-bond donors (Lipinski definition) is 0. The molecule has 0 radical (unpaired) electrons. The quantitative estimate of drug-likeness (QED) is 0.746. The fourth-order valence-corrected chi connectivity index (χ4v) is 3.37. The molecule has 1 aromatic carbocycles. The lowest BCUT2D eigenvalue weighted by Crippen LogP contribution is -2.34. The van der Waals surface area contributed by atoms with Crippen molar-refractivity contribution in [3.63, 3.8) is 0 Å². The van der Waals surface area contributed by atoms with Crippen molar-refractivity contribution in [1.29, 1.82) is 0 Å². The first kappa shape index (κ1) is 16.3. The SMILES string of the molecule is CS(=O)(=O)N1CCCN(CCCOc2ccccc2)CC1. The second kappa shape index (κ2) is 7.77. The Morgan fingerprint density at radius 2 is 1.86 bits per heavy atom. The zero-order chi connectivity index (χ0) is 15.1. The van der Waals surface area contributed by atoms with Crippen molar-refractivity contribution in [2.75, 3.05) is 45.6 Å². The molecule has 0 spiro atoms. The van der Waals surface area contributed by atoms with Gasteiger partial charge in [-0.25, -0.2) is 12.7 Å². The largest absolute Gasteiger partial charge is 0.494 e. The third-order valence-corrected chi connectivity index (χ3v) is 4.95. The summed E-state index contributed by atoms with van der Waals surface area (Å²) in [6, 6.07) is 9.80. The van der Waals surface area contributed by atoms with E-state index in [9.17, 15) is 8.42 Å². The average molecular weight is 312 g/mol. The van der Waals surface area contributed by atoms with Crippen molar-refractivity contribution in [3.8, 4) is 5.75 Å². The molecule has 21 heavy (non-hydrogen) atoms. The Bertz CT molecular complexity index is 519. The van der Waals surface area contributed by atoms with Crippen molar-refractivity contribution in [3.05, 3.63) is 30.3 Å². The molecular formula is C15H24N2O3S. The third-order valence-electron chi connectivity index (χ3n) is 3.65. The summed E-state index contributed by atoms with van der Waals surface area (Å²) in [4.78, 5) is 2.32. The molecule has 1 aromatic rings. The molecule has 118 valence electrons. The van der Waals surface area contributed by atoms with Crippen molar-refractivity contribution in [2.24, 2.45) is 0 Å². The zero-order valence-electron chi connectivity index (χ0n) is 12.6. The van der Waals surface area contributed by atoms with E-state index in [0.29, 0.717) is 19.7 Å². The molecule has 2 rings (SSSR count). The zero-order valence-corrected chi connectivity index (χ0v) is 13.4. The van der Waals surface area contributed by atoms with Crippen molar-refractivity contribution in [1.82, 2.24) is 9.21 Å². The maximum atomic E-state index is 11.6. The van der Waals surface area contributed by atoms with Crippen LogP contribution in [0, 0.1) is 0 Å². The van der Waals surface area contributed by atoms with Crippen LogP contribution in [0.4, 0.5) is 0 Å². The van der Waals surface area contributed by atoms with Gasteiger partial charge in [-0.05, 0) is 31.5 Å². The topological polar surface area (TPSA) is 49.9 Å². The summed E-state index contributed by atoms with van der Waals surface area (Å²) in [7, 11) is -3.05. The van der Waals surface area contributed by atoms with Crippen molar-refractivity contribution < 1.29 is 13.2 Å². The first-order valence-electron chi connectivity index (χ1n) is 7.41. The van der Waals surface area contributed by atoms with Gasteiger partial charge in [-0.2, -0.15) is 0 Å². The fourth-order valence-electron chi connectivity index (χ4n) is 2.50. The number of sulfonamides is 1. The van der Waals surface area contributed by atoms with Crippen LogP contribution in [0.5, 0.6) is 5.75 Å². The number of benzene rings is 1. The van der Waals surface area contributed by atoms with E-state index < -0.39 is 10.0 Å². The van der Waals surface area contributed by atoms with E-state index in [-0.39, 0.29) is 0 Å². The van der Waals surface area contributed by atoms with Gasteiger partial charge >= 0.3 is 0 Å². The molecule has 1 heterocycles. The van der Waals surface area contributed by atoms with E-state index in [2.05, 4.69) is 4.90 Å². The Hall–Kier alpha value is -1.11. The Labute approximate surface area is 127 Å². The molecule has 0 saturated carbocycles. The highest BCUT2D eigenvalue weighted by Gasteiger charge is 2.20. The van der Waals surface area contributed by atoms with Gasteiger partial charge in [0.25, 0.3) is 0 Å². The maximum Gasteiger partial charge on any atom is 0.211 e. The van der Waals surface area contributed by atoms with Crippen LogP contribution in [0.25, 0.3) is 0 Å². The van der Waals surface area contributed by atoms with Gasteiger partial charge in [-0.1, -0.05) is 18.2 Å². The second-order valence-electron chi connectivity index (χ2n) is 5.37. The smallest absolute Gasteiger partial charge is 0.211 e. The van der Waals surface area contributed by atoms with Crippen LogP contribution in [0.1, 0.15) is 12.8 Å². The summed E-state index contributed by atoms with van der Waals surface area (Å²) in [6.45, 7) is 4.63. The minimum absolute atomic E-state index is 0.596. The molecule has 0 atom stereocenters. The Morgan fingerprint density at radius 3 is 2.57 bits per heavy atom. The minimum Gasteiger partial charge on any atom is -0.494 e. The lowest BCUT2D eigenvalue weighted by atomic mass is 10.3. The number of nitrogens with zero attached hydrogens (tertiary/aromatic N) is 2. The van der Waals surface area contributed by atoms with Crippen molar-refractivity contribution in [2.45, 2.75) is 12.8 Å². The van der Waals surface area contributed by atoms with E-state index in [1.54, 1.807) is 4.31 Å². The second-order valence-corrected chi connectivity index (χ2v) is 7.35. The molecule has 0 amide bonds. The Balaban J connectivity index is 1.67. The first-order chi connectivity index (χ1) is 10.1. The summed E-state index contributed by atoms with van der Waals surface area (Å²) in [5.74, 6) is 0.900. The summed E-state index contributed by atoms with van der Waals surface area (Å²) >= 11 is 0. The predicted octanol–water partition coefficient (Wildman–Crippen LogP) is 1.42. The van der Waals surface area contributed by atoms with Gasteiger partial charge in [0, 0.05) is 26.2 Å². The maximum absolute atomic E-state index is 11.6. The number of ether oxygens (including phenoxy) is 1. The molecule has 5 nitrogen and oxygen atoms in total. The standard InChI is InChI=1S/C15H24N2O3S/c1-21(18,19)17-11-5-9-16(12-13-17)10-6-14-20-15-7-3-2-4-8-15/h2-4,7-8H,5-6,9-14H2,1H3. The third kappa shape index (κ3) is 5.65. The average Bonchev–Trinajstić information content (AvgIpc) is 2.70. The van der Waals surface area contributed by atoms with E-state index in [1.807, 2.05) is 30.3 Å². The number of rotatable bonds is 6. The van der Waals surface area contributed by atoms with Gasteiger partial charge in [0.2, 0.25) is 10.0 Å². The minimum atomic E-state index is -3.05. The molecule has 0 N–H and O–H groups in total. The summed E-state index contributed by atoms with van der Waals surface area (Å²) in [5.41, 5.74) is 0. The molecule has 1 aliphatic heterocycles. The molecule has 0 unspecified atom stereocenters. The molecule has 0 aromatic heterocycles. The highest BCUT2D eigenvalue weighted by Crippen LogP contribution is 2.10. The molecule has 1 aliphatic rings. The van der Waals surface area contributed by atoms with E-state index in [4.69, 9.17) is 4.74 Å². The van der Waals surface area contributed by atoms with E-state index in [0.717, 1.165) is 38.2 Å². The van der Waals surface area contributed by atoms with Crippen LogP contribution in [-0.2, 0) is 10.0 Å². The van der Waals surface area contributed by atoms with Crippen LogP contribution in [0.3, 0.4) is 0 Å². The molecule has 1 saturated heterocycles. The van der Waals surface area contributed by atoms with Crippen LogP contribution >= 0.6 is 0 Å². The highest BCUT2D eigenvalue weighted by atomic mass is 32.2. The highest BCUT2D eigenvalue weighted by molar-refractivity contribution is 7.88. The summed E-state index contributed by atoms with van der Waals surface area (Å²) in [5, 5.41) is 0. The van der Waals surface area contributed by atoms with Gasteiger partial charge in [-0.3, -0.25) is 0 Å². The van der Waals surface area contributed by atoms with Crippen LogP contribution in [-0.4, -0.2) is 63.2 Å². The summed E-state index contributed by atoms with van der Waals surface area (Å²) in [6.07, 6.45) is 3.14. The van der Waals surface area contributed by atoms with Gasteiger partial charge < -0.3 is 9.64 Å². The number of para-hydroxylation sites is 1. The van der Waals surface area contributed by atoms with Gasteiger partial charge in [0.1, 0.15) is 5.75 Å². The molecule has 1 fully saturated rings. The van der Waals surface area contributed by atoms with Gasteiger partial charge in [0.15, 0.2) is 0 Å². The Morgan fingerprint density at radius 1 is 1.10 bits per heavy atom. The first-order valence-corrected chi connectivity index (χ1v) is 9.26. The van der Waals surface area contributed by atoms with E-state index in [1.165, 1.54) is 6.26 Å². The van der Waals surface area contributed by atoms with Crippen molar-refractivity contribution >= 4 is 10.0 Å². The predicted molar refractivity (Wildman–Crippen MR) is 84.0 cm³/mol. The summed E-state index contributed by atoms with van der Waals surface area (Å²) < 4.78 is 30.3. The Kier molecular flexibility index (Phi) is 6.02. The van der Waals surface area contributed by atoms with Crippen LogP contribution in [0.15, 0.2) is 30.3 Å².